The average Bonchev–Trinajstić information content (AvgIpc) is 2.92. The van der Waals surface area contributed by atoms with Crippen LogP contribution in [0, 0.1) is 27.8 Å². The highest BCUT2D eigenvalue weighted by Crippen LogP contribution is 2.32. The summed E-state index contributed by atoms with van der Waals surface area (Å²) in [7, 11) is 0. The molecule has 0 spiro atoms. The number of nitro benzene ring substituents is 1. The van der Waals surface area contributed by atoms with Crippen LogP contribution in [0.5, 0.6) is 0 Å². The topological polar surface area (TPSA) is 72.2 Å². The summed E-state index contributed by atoms with van der Waals surface area (Å²) in [5, 5.41) is 13.6. The van der Waals surface area contributed by atoms with Gasteiger partial charge in [0.25, 0.3) is 11.6 Å². The van der Waals surface area contributed by atoms with Crippen molar-refractivity contribution in [3.05, 3.63) is 39.7 Å². The normalized spacial score (nSPS) is 21.2. The highest BCUT2D eigenvalue weighted by Gasteiger charge is 2.28. The lowest BCUT2D eigenvalue weighted by atomic mass is 9.98. The second-order valence-electron chi connectivity index (χ2n) is 5.23. The van der Waals surface area contributed by atoms with E-state index in [2.05, 4.69) is 5.32 Å². The predicted octanol–water partition coefficient (Wildman–Crippen LogP) is 3.12. The molecular formula is C14H16ClFN2O3. The first kappa shape index (κ1) is 15.7. The molecule has 7 heteroatoms. The van der Waals surface area contributed by atoms with Crippen molar-refractivity contribution in [2.75, 3.05) is 12.4 Å². The first-order valence-electron chi connectivity index (χ1n) is 6.81. The van der Waals surface area contributed by atoms with Crippen LogP contribution >= 0.6 is 11.6 Å². The molecule has 5 nitrogen and oxygen atoms in total. The lowest BCUT2D eigenvalue weighted by Gasteiger charge is -2.17. The summed E-state index contributed by atoms with van der Waals surface area (Å²) in [6.07, 6.45) is 3.11. The summed E-state index contributed by atoms with van der Waals surface area (Å²) in [5.74, 6) is -0.0728. The van der Waals surface area contributed by atoms with E-state index in [1.165, 1.54) is 0 Å². The van der Waals surface area contributed by atoms with E-state index in [1.54, 1.807) is 0 Å². The van der Waals surface area contributed by atoms with E-state index >= 15 is 0 Å². The fourth-order valence-electron chi connectivity index (χ4n) is 2.75. The molecule has 2 rings (SSSR count). The van der Waals surface area contributed by atoms with E-state index in [9.17, 15) is 19.3 Å². The van der Waals surface area contributed by atoms with Gasteiger partial charge in [0.05, 0.1) is 11.0 Å². The number of nitro groups is 1. The average molecular weight is 315 g/mol. The van der Waals surface area contributed by atoms with Gasteiger partial charge in [-0.25, -0.2) is 4.39 Å². The molecule has 1 aromatic carbocycles. The van der Waals surface area contributed by atoms with Gasteiger partial charge in [-0.2, -0.15) is 0 Å². The van der Waals surface area contributed by atoms with E-state index in [0.717, 1.165) is 37.5 Å². The fourth-order valence-corrected chi connectivity index (χ4v) is 3.16. The molecule has 2 atom stereocenters. The van der Waals surface area contributed by atoms with Crippen molar-refractivity contribution in [1.82, 2.24) is 5.32 Å². The predicted molar refractivity (Wildman–Crippen MR) is 76.9 cm³/mol. The largest absolute Gasteiger partial charge is 0.352 e. The lowest BCUT2D eigenvalue weighted by Crippen LogP contribution is -2.31. The van der Waals surface area contributed by atoms with Gasteiger partial charge in [-0.15, -0.1) is 11.6 Å². The summed E-state index contributed by atoms with van der Waals surface area (Å²) >= 11 is 5.88. The van der Waals surface area contributed by atoms with E-state index in [0.29, 0.717) is 24.3 Å². The number of alkyl halides is 1. The van der Waals surface area contributed by atoms with Crippen molar-refractivity contribution in [2.45, 2.75) is 19.3 Å². The molecule has 0 heterocycles. The monoisotopic (exact) mass is 314 g/mol. The van der Waals surface area contributed by atoms with Gasteiger partial charge in [-0.1, -0.05) is 6.42 Å². The van der Waals surface area contributed by atoms with E-state index in [1.807, 2.05) is 0 Å². The number of nitrogens with zero attached hydrogens (tertiary/aromatic N) is 1. The Bertz CT molecular complexity index is 553. The van der Waals surface area contributed by atoms with E-state index in [4.69, 9.17) is 11.6 Å². The van der Waals surface area contributed by atoms with Gasteiger partial charge in [0.15, 0.2) is 0 Å². The minimum Gasteiger partial charge on any atom is -0.352 e. The van der Waals surface area contributed by atoms with Gasteiger partial charge in [0, 0.05) is 12.4 Å². The van der Waals surface area contributed by atoms with Crippen molar-refractivity contribution in [3.63, 3.8) is 0 Å². The standard InChI is InChI=1S/C14H16ClFN2O3/c15-7-9-2-1-3-10(9)8-17-14(19)12-5-4-11(16)6-13(12)18(20)21/h4-6,9-10H,1-3,7-8H2,(H,17,19). The third-order valence-electron chi connectivity index (χ3n) is 3.94. The van der Waals surface area contributed by atoms with Crippen molar-refractivity contribution < 1.29 is 14.1 Å². The summed E-state index contributed by atoms with van der Waals surface area (Å²) in [6.45, 7) is 0.435. The Morgan fingerprint density at radius 3 is 2.81 bits per heavy atom. The summed E-state index contributed by atoms with van der Waals surface area (Å²) in [4.78, 5) is 22.2. The Morgan fingerprint density at radius 1 is 1.43 bits per heavy atom. The van der Waals surface area contributed by atoms with Crippen LogP contribution in [0.1, 0.15) is 29.6 Å². The number of benzene rings is 1. The second kappa shape index (κ2) is 6.85. The Kier molecular flexibility index (Phi) is 5.12. The SMILES string of the molecule is O=C(NCC1CCCC1CCl)c1ccc(F)cc1[N+](=O)[O-]. The quantitative estimate of drug-likeness (QED) is 0.515. The second-order valence-corrected chi connectivity index (χ2v) is 5.54. The maximum atomic E-state index is 13.0. The molecule has 21 heavy (non-hydrogen) atoms. The number of hydrogen-bond acceptors (Lipinski definition) is 3. The van der Waals surface area contributed by atoms with Crippen LogP contribution in [0.3, 0.4) is 0 Å². The minimum absolute atomic E-state index is 0.123. The third-order valence-corrected chi connectivity index (χ3v) is 4.34. The van der Waals surface area contributed by atoms with Gasteiger partial charge in [0.1, 0.15) is 11.4 Å². The number of halogens is 2. The van der Waals surface area contributed by atoms with Crippen LogP contribution < -0.4 is 5.32 Å². The van der Waals surface area contributed by atoms with Gasteiger partial charge < -0.3 is 5.32 Å². The summed E-state index contributed by atoms with van der Waals surface area (Å²) in [6, 6.07) is 2.93. The Hall–Kier alpha value is -1.69. The molecule has 1 N–H and O–H groups in total. The van der Waals surface area contributed by atoms with Crippen molar-refractivity contribution in [2.24, 2.45) is 11.8 Å². The zero-order valence-electron chi connectivity index (χ0n) is 11.4. The number of hydrogen-bond donors (Lipinski definition) is 1. The van der Waals surface area contributed by atoms with Gasteiger partial charge in [-0.05, 0) is 36.8 Å². The Labute approximate surface area is 126 Å². The fraction of sp³-hybridized carbons (Fsp3) is 0.500. The molecule has 2 unspecified atom stereocenters. The Morgan fingerprint density at radius 2 is 2.14 bits per heavy atom. The first-order valence-corrected chi connectivity index (χ1v) is 7.34. The van der Waals surface area contributed by atoms with Crippen molar-refractivity contribution in [1.29, 1.82) is 0 Å². The highest BCUT2D eigenvalue weighted by atomic mass is 35.5. The molecule has 0 aliphatic heterocycles. The first-order chi connectivity index (χ1) is 10.0. The number of nitrogens with one attached hydrogen (secondary N) is 1. The molecule has 1 fully saturated rings. The van der Waals surface area contributed by atoms with Crippen LogP contribution in [0.4, 0.5) is 10.1 Å². The molecule has 0 bridgehead atoms. The molecule has 0 saturated heterocycles. The molecule has 0 radical (unpaired) electrons. The van der Waals surface area contributed by atoms with Crippen LogP contribution in [-0.2, 0) is 0 Å². The smallest absolute Gasteiger partial charge is 0.285 e. The summed E-state index contributed by atoms with van der Waals surface area (Å²) in [5.41, 5.74) is -0.644. The maximum absolute atomic E-state index is 13.0. The molecule has 1 aliphatic rings. The van der Waals surface area contributed by atoms with Crippen LogP contribution in [0.25, 0.3) is 0 Å². The number of carbonyl (C=O) groups excluding carboxylic acids is 1. The summed E-state index contributed by atoms with van der Waals surface area (Å²) < 4.78 is 13.0. The van der Waals surface area contributed by atoms with E-state index in [-0.39, 0.29) is 5.56 Å². The molecular weight excluding hydrogens is 299 g/mol. The molecule has 0 aromatic heterocycles. The molecule has 1 aliphatic carbocycles. The van der Waals surface area contributed by atoms with E-state index < -0.39 is 22.3 Å². The van der Waals surface area contributed by atoms with Crippen LogP contribution in [0.15, 0.2) is 18.2 Å². The Balaban J connectivity index is 2.05. The van der Waals surface area contributed by atoms with Gasteiger partial charge >= 0.3 is 0 Å². The third kappa shape index (κ3) is 3.69. The molecule has 1 aromatic rings. The van der Waals surface area contributed by atoms with Crippen molar-refractivity contribution >= 4 is 23.2 Å². The number of rotatable bonds is 5. The van der Waals surface area contributed by atoms with Crippen LogP contribution in [-0.4, -0.2) is 23.3 Å². The highest BCUT2D eigenvalue weighted by molar-refractivity contribution is 6.18. The van der Waals surface area contributed by atoms with Crippen molar-refractivity contribution in [3.8, 4) is 0 Å². The zero-order chi connectivity index (χ0) is 15.4. The van der Waals surface area contributed by atoms with Crippen LogP contribution in [0.2, 0.25) is 0 Å². The number of carbonyl (C=O) groups is 1. The molecule has 1 saturated carbocycles. The zero-order valence-corrected chi connectivity index (χ0v) is 12.1. The van der Waals surface area contributed by atoms with Gasteiger partial charge in [-0.3, -0.25) is 14.9 Å². The molecule has 1 amide bonds. The molecule has 114 valence electrons. The number of amides is 1. The van der Waals surface area contributed by atoms with Gasteiger partial charge in [0.2, 0.25) is 0 Å². The maximum Gasteiger partial charge on any atom is 0.285 e. The minimum atomic E-state index is -0.755. The lowest BCUT2D eigenvalue weighted by molar-refractivity contribution is -0.385.